The normalized spacial score (nSPS) is 10.6. The van der Waals surface area contributed by atoms with Crippen molar-refractivity contribution in [2.45, 2.75) is 13.2 Å². The Morgan fingerprint density at radius 2 is 2.08 bits per heavy atom. The molecule has 2 heterocycles. The van der Waals surface area contributed by atoms with Crippen molar-refractivity contribution < 1.29 is 14.7 Å². The smallest absolute Gasteiger partial charge is 0.238 e. The number of methoxy groups -OCH3 is 1. The lowest BCUT2D eigenvalue weighted by molar-refractivity contribution is 0.166. The van der Waals surface area contributed by atoms with Crippen LogP contribution in [0.5, 0.6) is 11.5 Å². The molecule has 0 aliphatic heterocycles. The second kappa shape index (κ2) is 7.18. The summed E-state index contributed by atoms with van der Waals surface area (Å²) in [5.74, 6) is 0.770. The third-order valence-electron chi connectivity index (χ3n) is 3.48. The van der Waals surface area contributed by atoms with E-state index in [2.05, 4.69) is 15.5 Å². The maximum atomic E-state index is 12.2. The van der Waals surface area contributed by atoms with Gasteiger partial charge in [0.1, 0.15) is 12.4 Å². The molecule has 0 aliphatic carbocycles. The van der Waals surface area contributed by atoms with Crippen LogP contribution in [0.15, 0.2) is 41.3 Å². The van der Waals surface area contributed by atoms with Crippen LogP contribution in [0.3, 0.4) is 0 Å². The number of hydrogen-bond donors (Lipinski definition) is 2. The molecule has 10 heteroatoms. The fourth-order valence-electron chi connectivity index (χ4n) is 2.14. The van der Waals surface area contributed by atoms with Crippen molar-refractivity contribution in [3.8, 4) is 11.5 Å². The highest BCUT2D eigenvalue weighted by Gasteiger charge is 2.09. The van der Waals surface area contributed by atoms with Gasteiger partial charge in [0.25, 0.3) is 0 Å². The van der Waals surface area contributed by atoms with Crippen LogP contribution in [0, 0.1) is 4.77 Å². The molecule has 25 heavy (non-hydrogen) atoms. The molecule has 130 valence electrons. The van der Waals surface area contributed by atoms with Gasteiger partial charge in [0.05, 0.1) is 25.5 Å². The van der Waals surface area contributed by atoms with E-state index in [1.807, 2.05) is 12.1 Å². The van der Waals surface area contributed by atoms with Gasteiger partial charge in [-0.25, -0.2) is 4.68 Å². The summed E-state index contributed by atoms with van der Waals surface area (Å²) in [6, 6.07) is 8.53. The largest absolute Gasteiger partial charge is 0.497 e. The summed E-state index contributed by atoms with van der Waals surface area (Å²) in [5.41, 5.74) is 0.820. The molecule has 0 aliphatic rings. The minimum Gasteiger partial charge on any atom is -0.497 e. The van der Waals surface area contributed by atoms with Crippen LogP contribution in [0.25, 0.3) is 0 Å². The van der Waals surface area contributed by atoms with E-state index in [9.17, 15) is 10.0 Å². The molecule has 0 amide bonds. The number of benzene rings is 1. The first-order valence-electron chi connectivity index (χ1n) is 7.25. The summed E-state index contributed by atoms with van der Waals surface area (Å²) in [5, 5.41) is 19.8. The van der Waals surface area contributed by atoms with Crippen molar-refractivity contribution in [1.29, 1.82) is 0 Å². The number of aromatic nitrogens is 5. The Morgan fingerprint density at radius 3 is 2.72 bits per heavy atom. The summed E-state index contributed by atoms with van der Waals surface area (Å²) in [6.07, 6.45) is 1.22. The number of aromatic amines is 1. The van der Waals surface area contributed by atoms with Gasteiger partial charge in [0, 0.05) is 6.07 Å². The van der Waals surface area contributed by atoms with Crippen molar-refractivity contribution in [3.05, 3.63) is 62.8 Å². The molecule has 9 nitrogen and oxygen atoms in total. The molecule has 0 spiro atoms. The number of hydrogen-bond acceptors (Lipinski definition) is 7. The van der Waals surface area contributed by atoms with Crippen LogP contribution >= 0.6 is 12.2 Å². The van der Waals surface area contributed by atoms with Crippen LogP contribution in [-0.2, 0) is 13.2 Å². The second-order valence-electron chi connectivity index (χ2n) is 5.14. The lowest BCUT2D eigenvalue weighted by Crippen LogP contribution is -2.16. The first-order valence-corrected chi connectivity index (χ1v) is 7.66. The molecule has 0 radical (unpaired) electrons. The topological polar surface area (TPSA) is 107 Å². The van der Waals surface area contributed by atoms with Gasteiger partial charge in [-0.05, 0) is 29.9 Å². The van der Waals surface area contributed by atoms with Gasteiger partial charge < -0.3 is 14.7 Å². The molecular weight excluding hydrogens is 346 g/mol. The summed E-state index contributed by atoms with van der Waals surface area (Å²) >= 11 is 4.96. The van der Waals surface area contributed by atoms with Crippen LogP contribution in [0.1, 0.15) is 11.3 Å². The maximum Gasteiger partial charge on any atom is 0.238 e. The molecular formula is C15H15N5O4S. The van der Waals surface area contributed by atoms with Gasteiger partial charge in [0.2, 0.25) is 10.2 Å². The van der Waals surface area contributed by atoms with Gasteiger partial charge in [-0.1, -0.05) is 22.4 Å². The number of H-pyrrole nitrogens is 1. The highest BCUT2D eigenvalue weighted by atomic mass is 32.1. The molecule has 0 fully saturated rings. The fourth-order valence-corrected chi connectivity index (χ4v) is 2.28. The van der Waals surface area contributed by atoms with E-state index in [1.165, 1.54) is 16.9 Å². The van der Waals surface area contributed by atoms with E-state index >= 15 is 0 Å². The molecule has 0 unspecified atom stereocenters. The van der Waals surface area contributed by atoms with E-state index in [4.69, 9.17) is 21.7 Å². The van der Waals surface area contributed by atoms with Crippen LogP contribution in [-0.4, -0.2) is 37.3 Å². The monoisotopic (exact) mass is 361 g/mol. The van der Waals surface area contributed by atoms with Crippen LogP contribution in [0.2, 0.25) is 0 Å². The molecule has 0 saturated heterocycles. The van der Waals surface area contributed by atoms with E-state index in [0.717, 1.165) is 16.0 Å². The van der Waals surface area contributed by atoms with Crippen molar-refractivity contribution in [2.75, 3.05) is 7.11 Å². The molecule has 2 aromatic heterocycles. The van der Waals surface area contributed by atoms with Gasteiger partial charge in [-0.2, -0.15) is 9.94 Å². The molecule has 1 aromatic carbocycles. The Kier molecular flexibility index (Phi) is 4.80. The van der Waals surface area contributed by atoms with Crippen molar-refractivity contribution in [2.24, 2.45) is 0 Å². The zero-order valence-corrected chi connectivity index (χ0v) is 14.1. The molecule has 0 atom stereocenters. The van der Waals surface area contributed by atoms with Crippen molar-refractivity contribution >= 4 is 12.2 Å². The highest BCUT2D eigenvalue weighted by molar-refractivity contribution is 7.71. The molecule has 0 bridgehead atoms. The van der Waals surface area contributed by atoms with Gasteiger partial charge in [-0.3, -0.25) is 4.79 Å². The van der Waals surface area contributed by atoms with E-state index in [0.29, 0.717) is 5.69 Å². The summed E-state index contributed by atoms with van der Waals surface area (Å²) in [4.78, 5) is 12.2. The molecule has 3 rings (SSSR count). The standard InChI is InChI=1S/C15H15N5O4S/c1-23-12-4-2-10(3-5-12)9-24-14-8-20(22)11(6-13(14)21)7-19-15(25)16-17-18-19/h2-6,8,22H,7,9H2,1H3,(H,16,18,25). The lowest BCUT2D eigenvalue weighted by Gasteiger charge is -2.10. The van der Waals surface area contributed by atoms with Crippen LogP contribution in [0.4, 0.5) is 0 Å². The Bertz CT molecular complexity index is 977. The quantitative estimate of drug-likeness (QED) is 0.504. The molecule has 3 aromatic rings. The van der Waals surface area contributed by atoms with E-state index in [-0.39, 0.29) is 29.1 Å². The third kappa shape index (κ3) is 3.86. The molecule has 2 N–H and O–H groups in total. The van der Waals surface area contributed by atoms with Gasteiger partial charge in [0.15, 0.2) is 5.75 Å². The number of pyridine rings is 1. The minimum atomic E-state index is -0.354. The van der Waals surface area contributed by atoms with Gasteiger partial charge >= 0.3 is 0 Å². The van der Waals surface area contributed by atoms with Crippen molar-refractivity contribution in [1.82, 2.24) is 24.9 Å². The summed E-state index contributed by atoms with van der Waals surface area (Å²) in [6.45, 7) is 0.310. The van der Waals surface area contributed by atoms with Gasteiger partial charge in [-0.15, -0.1) is 0 Å². The zero-order chi connectivity index (χ0) is 17.8. The maximum absolute atomic E-state index is 12.2. The number of tetrazole rings is 1. The third-order valence-corrected chi connectivity index (χ3v) is 3.78. The first-order chi connectivity index (χ1) is 12.1. The van der Waals surface area contributed by atoms with Crippen molar-refractivity contribution in [3.63, 3.8) is 0 Å². The average Bonchev–Trinajstić information content (AvgIpc) is 3.02. The fraction of sp³-hybridized carbons (Fsp3) is 0.200. The van der Waals surface area contributed by atoms with E-state index < -0.39 is 0 Å². The number of ether oxygens (including phenoxy) is 2. The van der Waals surface area contributed by atoms with E-state index in [1.54, 1.807) is 19.2 Å². The highest BCUT2D eigenvalue weighted by Crippen LogP contribution is 2.13. The number of nitrogens with zero attached hydrogens (tertiary/aromatic N) is 4. The average molecular weight is 361 g/mol. The predicted molar refractivity (Wildman–Crippen MR) is 89.5 cm³/mol. The number of nitrogens with one attached hydrogen (secondary N) is 1. The summed E-state index contributed by atoms with van der Waals surface area (Å²) in [7, 11) is 1.59. The van der Waals surface area contributed by atoms with Crippen LogP contribution < -0.4 is 14.9 Å². The first kappa shape index (κ1) is 16.7. The second-order valence-corrected chi connectivity index (χ2v) is 5.51. The predicted octanol–water partition coefficient (Wildman–Crippen LogP) is 1.37. The number of rotatable bonds is 6. The summed E-state index contributed by atoms with van der Waals surface area (Å²) < 4.78 is 13.0. The minimum absolute atomic E-state index is 0.0356. The Balaban J connectivity index is 1.74. The Labute approximate surface area is 147 Å². The molecule has 0 saturated carbocycles. The zero-order valence-electron chi connectivity index (χ0n) is 13.2. The SMILES string of the molecule is COc1ccc(COc2cn(O)c(Cn3[nH]nnc3=S)cc2=O)cc1. The Hall–Kier alpha value is -3.14. The lowest BCUT2D eigenvalue weighted by atomic mass is 10.2. The Morgan fingerprint density at radius 1 is 1.32 bits per heavy atom.